The summed E-state index contributed by atoms with van der Waals surface area (Å²) < 4.78 is 0. The molecule has 0 amide bonds. The summed E-state index contributed by atoms with van der Waals surface area (Å²) in [7, 11) is 0. The molecule has 0 saturated heterocycles. The minimum atomic E-state index is 0.418. The third kappa shape index (κ3) is 2.56. The second-order valence-electron chi connectivity index (χ2n) is 3.92. The number of thiol groups is 1. The maximum absolute atomic E-state index is 5.26. The molecule has 3 rings (SSSR count). The van der Waals surface area contributed by atoms with Gasteiger partial charge in [0.05, 0.1) is 12.0 Å². The number of nitrogens with one attached hydrogen (secondary N) is 3. The lowest BCUT2D eigenvalue weighted by molar-refractivity contribution is 1.20. The smallest absolute Gasteiger partial charge is 0.182 e. The predicted octanol–water partition coefficient (Wildman–Crippen LogP) is 2.45. The van der Waals surface area contributed by atoms with E-state index >= 15 is 0 Å². The number of imidazole rings is 1. The molecule has 3 aromatic rings. The number of benzene rings is 1. The largest absolute Gasteiger partial charge is 0.340 e. The zero-order valence-corrected chi connectivity index (χ0v) is 11.9. The molecule has 2 aromatic heterocycles. The molecule has 0 aliphatic rings. The van der Waals surface area contributed by atoms with Gasteiger partial charge in [0, 0.05) is 4.90 Å². The molecule has 0 fully saturated rings. The second kappa shape index (κ2) is 5.43. The van der Waals surface area contributed by atoms with Gasteiger partial charge in [-0.05, 0) is 24.4 Å². The van der Waals surface area contributed by atoms with E-state index in [1.807, 2.05) is 24.3 Å². The van der Waals surface area contributed by atoms with Gasteiger partial charge in [-0.2, -0.15) is 0 Å². The van der Waals surface area contributed by atoms with Crippen molar-refractivity contribution in [2.24, 2.45) is 0 Å². The SMILES string of the molecule is S=C(Nc1ccccc1S)Nc1ncnc2nc[nH]c12. The Kier molecular flexibility index (Phi) is 3.48. The van der Waals surface area contributed by atoms with Crippen LogP contribution in [0.2, 0.25) is 0 Å². The van der Waals surface area contributed by atoms with E-state index in [0.717, 1.165) is 10.6 Å². The number of fused-ring (bicyclic) bond motifs is 1. The first-order chi connectivity index (χ1) is 9.74. The highest BCUT2D eigenvalue weighted by molar-refractivity contribution is 7.81. The number of rotatable bonds is 2. The highest BCUT2D eigenvalue weighted by Crippen LogP contribution is 2.19. The lowest BCUT2D eigenvalue weighted by atomic mass is 10.3. The van der Waals surface area contributed by atoms with E-state index in [4.69, 9.17) is 12.2 Å². The highest BCUT2D eigenvalue weighted by atomic mass is 32.1. The first kappa shape index (κ1) is 12.8. The molecule has 2 heterocycles. The van der Waals surface area contributed by atoms with E-state index in [-0.39, 0.29) is 0 Å². The Morgan fingerprint density at radius 1 is 1.15 bits per heavy atom. The van der Waals surface area contributed by atoms with Crippen molar-refractivity contribution in [3.63, 3.8) is 0 Å². The summed E-state index contributed by atoms with van der Waals surface area (Å²) in [5.41, 5.74) is 2.11. The van der Waals surface area contributed by atoms with Gasteiger partial charge < -0.3 is 15.6 Å². The molecule has 0 radical (unpaired) electrons. The quantitative estimate of drug-likeness (QED) is 0.430. The Labute approximate surface area is 125 Å². The zero-order chi connectivity index (χ0) is 13.9. The average molecular weight is 302 g/mol. The molecule has 20 heavy (non-hydrogen) atoms. The van der Waals surface area contributed by atoms with Crippen molar-refractivity contribution in [1.82, 2.24) is 19.9 Å². The van der Waals surface area contributed by atoms with E-state index < -0.39 is 0 Å². The Morgan fingerprint density at radius 2 is 2.00 bits per heavy atom. The van der Waals surface area contributed by atoms with Gasteiger partial charge in [-0.1, -0.05) is 12.1 Å². The van der Waals surface area contributed by atoms with Gasteiger partial charge in [0.15, 0.2) is 16.6 Å². The van der Waals surface area contributed by atoms with Crippen LogP contribution in [0.5, 0.6) is 0 Å². The molecule has 0 saturated carbocycles. The van der Waals surface area contributed by atoms with Crippen LogP contribution in [-0.2, 0) is 0 Å². The van der Waals surface area contributed by atoms with Crippen LogP contribution in [0.25, 0.3) is 11.2 Å². The number of aromatic nitrogens is 4. The molecule has 1 aromatic carbocycles. The number of H-pyrrole nitrogens is 1. The molecular formula is C12H10N6S2. The minimum Gasteiger partial charge on any atom is -0.340 e. The molecule has 0 aliphatic heterocycles. The van der Waals surface area contributed by atoms with Crippen molar-refractivity contribution in [2.45, 2.75) is 4.90 Å². The van der Waals surface area contributed by atoms with Crippen molar-refractivity contribution < 1.29 is 0 Å². The number of thiocarbonyl (C=S) groups is 1. The normalized spacial score (nSPS) is 10.4. The first-order valence-electron chi connectivity index (χ1n) is 5.74. The first-order valence-corrected chi connectivity index (χ1v) is 6.59. The van der Waals surface area contributed by atoms with E-state index in [1.54, 1.807) is 6.33 Å². The monoisotopic (exact) mass is 302 g/mol. The van der Waals surface area contributed by atoms with Gasteiger partial charge in [0.25, 0.3) is 0 Å². The fourth-order valence-corrected chi connectivity index (χ4v) is 2.12. The van der Waals surface area contributed by atoms with E-state index in [0.29, 0.717) is 22.1 Å². The highest BCUT2D eigenvalue weighted by Gasteiger charge is 2.08. The van der Waals surface area contributed by atoms with Crippen LogP contribution in [0.15, 0.2) is 41.8 Å². The number of aromatic amines is 1. The average Bonchev–Trinajstić information content (AvgIpc) is 2.91. The van der Waals surface area contributed by atoms with Gasteiger partial charge in [0.1, 0.15) is 11.8 Å². The van der Waals surface area contributed by atoms with Crippen molar-refractivity contribution in [3.8, 4) is 0 Å². The van der Waals surface area contributed by atoms with E-state index in [2.05, 4.69) is 43.2 Å². The molecule has 0 atom stereocenters. The summed E-state index contributed by atoms with van der Waals surface area (Å²) in [5.74, 6) is 0.571. The minimum absolute atomic E-state index is 0.418. The van der Waals surface area contributed by atoms with Gasteiger partial charge in [-0.15, -0.1) is 12.6 Å². The van der Waals surface area contributed by atoms with Crippen LogP contribution in [-0.4, -0.2) is 25.0 Å². The Balaban J connectivity index is 1.80. The molecule has 6 nitrogen and oxygen atoms in total. The van der Waals surface area contributed by atoms with Gasteiger partial charge in [-0.3, -0.25) is 0 Å². The third-order valence-electron chi connectivity index (χ3n) is 2.61. The van der Waals surface area contributed by atoms with Crippen LogP contribution >= 0.6 is 24.8 Å². The summed E-state index contributed by atoms with van der Waals surface area (Å²) in [4.78, 5) is 16.0. The van der Waals surface area contributed by atoms with Crippen molar-refractivity contribution in [1.29, 1.82) is 0 Å². The predicted molar refractivity (Wildman–Crippen MR) is 85.2 cm³/mol. The fraction of sp³-hybridized carbons (Fsp3) is 0. The van der Waals surface area contributed by atoms with Gasteiger partial charge in [-0.25, -0.2) is 15.0 Å². The molecule has 0 bridgehead atoms. The Bertz CT molecular complexity index is 769. The van der Waals surface area contributed by atoms with Crippen molar-refractivity contribution in [2.75, 3.05) is 10.6 Å². The van der Waals surface area contributed by atoms with Crippen LogP contribution < -0.4 is 10.6 Å². The lowest BCUT2D eigenvalue weighted by Gasteiger charge is -2.11. The molecule has 8 heteroatoms. The topological polar surface area (TPSA) is 78.5 Å². The summed E-state index contributed by atoms with van der Waals surface area (Å²) in [6.07, 6.45) is 2.99. The summed E-state index contributed by atoms with van der Waals surface area (Å²) in [6.45, 7) is 0. The standard InChI is InChI=1S/C12H10N6S2/c19-8-4-2-1-3-7(8)17-12(20)18-11-9-10(14-5-13-9)15-6-16-11/h1-6,19H,(H3,13,14,15,16,17,18,20). The van der Waals surface area contributed by atoms with Crippen LogP contribution in [0.4, 0.5) is 11.5 Å². The van der Waals surface area contributed by atoms with Crippen LogP contribution in [0, 0.1) is 0 Å². The summed E-state index contributed by atoms with van der Waals surface area (Å²) in [5, 5.41) is 6.49. The van der Waals surface area contributed by atoms with Crippen molar-refractivity contribution >= 4 is 52.6 Å². The Morgan fingerprint density at radius 3 is 2.85 bits per heavy atom. The molecular weight excluding hydrogens is 292 g/mol. The Hall–Kier alpha value is -2.19. The number of anilines is 2. The lowest BCUT2D eigenvalue weighted by Crippen LogP contribution is -2.20. The van der Waals surface area contributed by atoms with Gasteiger partial charge >= 0.3 is 0 Å². The molecule has 3 N–H and O–H groups in total. The maximum Gasteiger partial charge on any atom is 0.182 e. The molecule has 0 unspecified atom stereocenters. The fourth-order valence-electron chi connectivity index (χ4n) is 1.70. The van der Waals surface area contributed by atoms with E-state index in [1.165, 1.54) is 6.33 Å². The van der Waals surface area contributed by atoms with E-state index in [9.17, 15) is 0 Å². The van der Waals surface area contributed by atoms with Gasteiger partial charge in [0.2, 0.25) is 0 Å². The second-order valence-corrected chi connectivity index (χ2v) is 4.81. The summed E-state index contributed by atoms with van der Waals surface area (Å²) in [6, 6.07) is 7.58. The molecule has 100 valence electrons. The van der Waals surface area contributed by atoms with Crippen LogP contribution in [0.1, 0.15) is 0 Å². The van der Waals surface area contributed by atoms with Crippen LogP contribution in [0.3, 0.4) is 0 Å². The molecule has 0 aliphatic carbocycles. The maximum atomic E-state index is 5.26. The number of hydrogen-bond donors (Lipinski definition) is 4. The molecule has 0 spiro atoms. The number of nitrogens with zero attached hydrogens (tertiary/aromatic N) is 3. The summed E-state index contributed by atoms with van der Waals surface area (Å²) >= 11 is 9.62. The third-order valence-corrected chi connectivity index (χ3v) is 3.20. The van der Waals surface area contributed by atoms with Crippen molar-refractivity contribution in [3.05, 3.63) is 36.9 Å². The number of para-hydroxylation sites is 1. The number of hydrogen-bond acceptors (Lipinski definition) is 5. The zero-order valence-electron chi connectivity index (χ0n) is 10.2.